The molecule has 4 rings (SSSR count). The van der Waals surface area contributed by atoms with Gasteiger partial charge >= 0.3 is 0 Å². The smallest absolute Gasteiger partial charge is 0.269 e. The van der Waals surface area contributed by atoms with Crippen molar-refractivity contribution in [1.82, 2.24) is 10.2 Å². The highest BCUT2D eigenvalue weighted by Crippen LogP contribution is 2.47. The molecule has 0 unspecified atom stereocenters. The number of nitro benzene ring substituents is 1. The fourth-order valence-electron chi connectivity index (χ4n) is 3.48. The molecule has 3 heterocycles. The first-order chi connectivity index (χ1) is 13.4. The molecule has 0 saturated heterocycles. The molecule has 1 atom stereocenters. The molecule has 3 aromatic rings. The Labute approximate surface area is 164 Å². The highest BCUT2D eigenvalue weighted by atomic mass is 32.1. The maximum atomic E-state index is 11.2. The average Bonchev–Trinajstić information content (AvgIpc) is 3.22. The lowest BCUT2D eigenvalue weighted by Crippen LogP contribution is -2.21. The molecule has 3 N–H and O–H groups in total. The van der Waals surface area contributed by atoms with E-state index in [1.807, 2.05) is 19.9 Å². The van der Waals surface area contributed by atoms with Crippen LogP contribution in [0.1, 0.15) is 26.8 Å². The zero-order valence-electron chi connectivity index (χ0n) is 15.0. The Morgan fingerprint density at radius 1 is 1.39 bits per heavy atom. The van der Waals surface area contributed by atoms with E-state index in [-0.39, 0.29) is 23.0 Å². The van der Waals surface area contributed by atoms with E-state index in [9.17, 15) is 15.4 Å². The molecule has 9 heteroatoms. The van der Waals surface area contributed by atoms with Crippen LogP contribution < -0.4 is 10.5 Å². The maximum Gasteiger partial charge on any atom is 0.269 e. The summed E-state index contributed by atoms with van der Waals surface area (Å²) in [5.74, 6) is -0.406. The third kappa shape index (κ3) is 2.71. The molecule has 0 fully saturated rings. The molecule has 1 aliphatic heterocycles. The van der Waals surface area contributed by atoms with Gasteiger partial charge in [-0.2, -0.15) is 5.26 Å². The summed E-state index contributed by atoms with van der Waals surface area (Å²) in [4.78, 5) is 13.0. The molecule has 0 amide bonds. The number of benzene rings is 1. The number of non-ortho nitro benzene ring substituents is 1. The Balaban J connectivity index is 1.97. The van der Waals surface area contributed by atoms with Gasteiger partial charge in [-0.1, -0.05) is 12.1 Å². The van der Waals surface area contributed by atoms with Gasteiger partial charge in [-0.05, 0) is 25.5 Å². The van der Waals surface area contributed by atoms with Crippen LogP contribution in [0, 0.1) is 35.3 Å². The number of thiophene rings is 1. The van der Waals surface area contributed by atoms with Crippen molar-refractivity contribution in [1.29, 1.82) is 5.26 Å². The van der Waals surface area contributed by atoms with Crippen molar-refractivity contribution < 1.29 is 9.66 Å². The van der Waals surface area contributed by atoms with Crippen LogP contribution in [-0.2, 0) is 0 Å². The Morgan fingerprint density at radius 3 is 2.82 bits per heavy atom. The second-order valence-corrected chi connectivity index (χ2v) is 7.88. The van der Waals surface area contributed by atoms with E-state index >= 15 is 0 Å². The largest absolute Gasteiger partial charge is 0.420 e. The molecule has 8 nitrogen and oxygen atoms in total. The van der Waals surface area contributed by atoms with E-state index < -0.39 is 10.8 Å². The quantitative estimate of drug-likeness (QED) is 0.513. The van der Waals surface area contributed by atoms with Gasteiger partial charge in [-0.3, -0.25) is 15.2 Å². The van der Waals surface area contributed by atoms with Gasteiger partial charge in [-0.25, -0.2) is 0 Å². The molecule has 1 aromatic carbocycles. The number of nitro groups is 1. The number of nitrogens with two attached hydrogens (primary N) is 1. The summed E-state index contributed by atoms with van der Waals surface area (Å²) in [7, 11) is 0. The first-order valence-corrected chi connectivity index (χ1v) is 9.20. The summed E-state index contributed by atoms with van der Waals surface area (Å²) in [6.07, 6.45) is 0. The number of aromatic nitrogens is 2. The first kappa shape index (κ1) is 17.8. The summed E-state index contributed by atoms with van der Waals surface area (Å²) in [5.41, 5.74) is 8.98. The van der Waals surface area contributed by atoms with Crippen LogP contribution in [0.4, 0.5) is 5.69 Å². The number of fused-ring (bicyclic) bond motifs is 1. The Morgan fingerprint density at radius 2 is 2.18 bits per heavy atom. The Bertz CT molecular complexity index is 1180. The Hall–Kier alpha value is -3.64. The molecule has 28 heavy (non-hydrogen) atoms. The van der Waals surface area contributed by atoms with Crippen molar-refractivity contribution >= 4 is 17.0 Å². The molecule has 0 bridgehead atoms. The van der Waals surface area contributed by atoms with Crippen molar-refractivity contribution in [3.8, 4) is 23.2 Å². The van der Waals surface area contributed by atoms with Gasteiger partial charge in [0.2, 0.25) is 11.8 Å². The van der Waals surface area contributed by atoms with Crippen LogP contribution in [0.2, 0.25) is 0 Å². The monoisotopic (exact) mass is 393 g/mol. The fraction of sp³-hybridized carbons (Fsp3) is 0.158. The number of allylic oxidation sites excluding steroid dienone is 1. The van der Waals surface area contributed by atoms with Crippen molar-refractivity contribution in [3.63, 3.8) is 0 Å². The molecule has 2 aromatic heterocycles. The van der Waals surface area contributed by atoms with Gasteiger partial charge in [0.05, 0.1) is 22.1 Å². The minimum atomic E-state index is -0.623. The van der Waals surface area contributed by atoms with Crippen molar-refractivity contribution in [2.45, 2.75) is 19.8 Å². The molecule has 1 aliphatic rings. The zero-order chi connectivity index (χ0) is 20.0. The summed E-state index contributed by atoms with van der Waals surface area (Å²) < 4.78 is 5.58. The number of hydrogen-bond acceptors (Lipinski definition) is 7. The summed E-state index contributed by atoms with van der Waals surface area (Å²) >= 11 is 1.65. The number of nitrogens with zero attached hydrogens (tertiary/aromatic N) is 3. The van der Waals surface area contributed by atoms with Gasteiger partial charge in [0.15, 0.2) is 0 Å². The number of H-pyrrole nitrogens is 1. The third-order valence-corrected chi connectivity index (χ3v) is 5.63. The SMILES string of the molecule is Cc1cc(-c2[nH]nc3c2[C@@H](c2cccc([N+](=O)[O-])c2)C(C#N)=C(N)O3)c(C)s1. The van der Waals surface area contributed by atoms with Gasteiger partial charge in [-0.15, -0.1) is 16.4 Å². The number of rotatable bonds is 3. The van der Waals surface area contributed by atoms with Crippen LogP contribution >= 0.6 is 11.3 Å². The van der Waals surface area contributed by atoms with E-state index in [0.29, 0.717) is 16.8 Å². The predicted octanol–water partition coefficient (Wildman–Crippen LogP) is 3.88. The van der Waals surface area contributed by atoms with Crippen LogP contribution in [-0.4, -0.2) is 15.1 Å². The molecular weight excluding hydrogens is 378 g/mol. The minimum Gasteiger partial charge on any atom is -0.420 e. The lowest BCUT2D eigenvalue weighted by atomic mass is 9.83. The van der Waals surface area contributed by atoms with Crippen LogP contribution in [0.5, 0.6) is 5.88 Å². The summed E-state index contributed by atoms with van der Waals surface area (Å²) in [5, 5.41) is 28.2. The topological polar surface area (TPSA) is 131 Å². The van der Waals surface area contributed by atoms with Crippen molar-refractivity contribution in [2.75, 3.05) is 0 Å². The van der Waals surface area contributed by atoms with E-state index in [1.54, 1.807) is 23.5 Å². The fourth-order valence-corrected chi connectivity index (χ4v) is 4.41. The number of aromatic amines is 1. The second kappa shape index (κ2) is 6.51. The highest BCUT2D eigenvalue weighted by Gasteiger charge is 2.36. The van der Waals surface area contributed by atoms with Crippen molar-refractivity contribution in [2.24, 2.45) is 5.73 Å². The van der Waals surface area contributed by atoms with Crippen LogP contribution in [0.25, 0.3) is 11.3 Å². The molecule has 0 saturated carbocycles. The van der Waals surface area contributed by atoms with Crippen molar-refractivity contribution in [3.05, 3.63) is 72.8 Å². The molecule has 0 radical (unpaired) electrons. The molecule has 0 spiro atoms. The van der Waals surface area contributed by atoms with Gasteiger partial charge in [0, 0.05) is 27.5 Å². The number of nitrogens with one attached hydrogen (secondary N) is 1. The van der Waals surface area contributed by atoms with E-state index in [2.05, 4.69) is 16.3 Å². The number of nitriles is 1. The second-order valence-electron chi connectivity index (χ2n) is 6.42. The van der Waals surface area contributed by atoms with Crippen LogP contribution in [0.3, 0.4) is 0 Å². The third-order valence-electron chi connectivity index (χ3n) is 4.66. The number of hydrogen-bond donors (Lipinski definition) is 2. The number of ether oxygens (including phenoxy) is 1. The molecule has 0 aliphatic carbocycles. The summed E-state index contributed by atoms with van der Waals surface area (Å²) in [6.45, 7) is 4.01. The minimum absolute atomic E-state index is 0.0530. The van der Waals surface area contributed by atoms with E-state index in [4.69, 9.17) is 10.5 Å². The molecular formula is C19H15N5O3S. The normalized spacial score (nSPS) is 15.7. The lowest BCUT2D eigenvalue weighted by Gasteiger charge is -2.24. The maximum absolute atomic E-state index is 11.2. The molecule has 140 valence electrons. The zero-order valence-corrected chi connectivity index (χ0v) is 15.8. The van der Waals surface area contributed by atoms with Gasteiger partial charge in [0.1, 0.15) is 11.6 Å². The highest BCUT2D eigenvalue weighted by molar-refractivity contribution is 7.12. The Kier molecular flexibility index (Phi) is 4.13. The van der Waals surface area contributed by atoms with Gasteiger partial charge < -0.3 is 10.5 Å². The lowest BCUT2D eigenvalue weighted by molar-refractivity contribution is -0.384. The van der Waals surface area contributed by atoms with Crippen LogP contribution in [0.15, 0.2) is 41.8 Å². The summed E-state index contributed by atoms with van der Waals surface area (Å²) in [6, 6.07) is 10.3. The number of aryl methyl sites for hydroxylation is 2. The van der Waals surface area contributed by atoms with Gasteiger partial charge in [0.25, 0.3) is 5.69 Å². The average molecular weight is 393 g/mol. The standard InChI is InChI=1S/C19H15N5O3S/c1-9-6-13(10(2)28-9)17-16-15(11-4-3-5-12(7-11)24(25)26)14(8-20)18(21)27-19(16)23-22-17/h3-7,15H,21H2,1-2H3,(H,22,23)/t15-/m0/s1. The van der Waals surface area contributed by atoms with E-state index in [0.717, 1.165) is 15.3 Å². The first-order valence-electron chi connectivity index (χ1n) is 8.38. The van der Waals surface area contributed by atoms with E-state index in [1.165, 1.54) is 12.1 Å². The predicted molar refractivity (Wildman–Crippen MR) is 104 cm³/mol.